The Morgan fingerprint density at radius 2 is 1.90 bits per heavy atom. The molecule has 0 radical (unpaired) electrons. The Labute approximate surface area is 182 Å². The van der Waals surface area contributed by atoms with Crippen molar-refractivity contribution in [1.29, 1.82) is 0 Å². The van der Waals surface area contributed by atoms with Gasteiger partial charge in [0.2, 0.25) is 5.91 Å². The third-order valence-electron chi connectivity index (χ3n) is 5.45. The summed E-state index contributed by atoms with van der Waals surface area (Å²) in [5.41, 5.74) is 1.37. The van der Waals surface area contributed by atoms with Gasteiger partial charge in [0, 0.05) is 11.6 Å². The molecule has 2 aromatic rings. The van der Waals surface area contributed by atoms with Crippen LogP contribution in [0.5, 0.6) is 11.5 Å². The Hall–Kier alpha value is -2.73. The zero-order valence-electron chi connectivity index (χ0n) is 17.5. The minimum atomic E-state index is -0.520. The lowest BCUT2D eigenvalue weighted by molar-refractivity contribution is -0.125. The summed E-state index contributed by atoms with van der Waals surface area (Å²) in [7, 11) is 3.13. The van der Waals surface area contributed by atoms with Gasteiger partial charge in [0.25, 0.3) is 5.91 Å². The summed E-state index contributed by atoms with van der Waals surface area (Å²) in [5.74, 6) is 0.817. The molecule has 0 aliphatic carbocycles. The molecular formula is C23H27ClN2O4. The molecule has 7 heteroatoms. The van der Waals surface area contributed by atoms with Crippen LogP contribution < -0.4 is 14.8 Å². The number of nitrogens with zero attached hydrogens (tertiary/aromatic N) is 1. The van der Waals surface area contributed by atoms with Gasteiger partial charge in [-0.05, 0) is 55.2 Å². The molecule has 1 N–H and O–H groups in total. The molecule has 30 heavy (non-hydrogen) atoms. The number of halogens is 1. The van der Waals surface area contributed by atoms with Gasteiger partial charge in [0.05, 0.1) is 25.8 Å². The predicted molar refractivity (Wildman–Crippen MR) is 116 cm³/mol. The molecule has 2 aromatic carbocycles. The van der Waals surface area contributed by atoms with Gasteiger partial charge in [-0.15, -0.1) is 0 Å². The van der Waals surface area contributed by atoms with Gasteiger partial charge in [-0.3, -0.25) is 9.59 Å². The molecule has 1 saturated heterocycles. The first kappa shape index (κ1) is 22.0. The van der Waals surface area contributed by atoms with Crippen molar-refractivity contribution in [2.24, 2.45) is 0 Å². The number of ether oxygens (including phenoxy) is 2. The lowest BCUT2D eigenvalue weighted by Gasteiger charge is -2.27. The predicted octanol–water partition coefficient (Wildman–Crippen LogP) is 4.23. The molecule has 160 valence electrons. The Morgan fingerprint density at radius 3 is 2.53 bits per heavy atom. The lowest BCUT2D eigenvalue weighted by Crippen LogP contribution is -2.46. The molecule has 1 aliphatic heterocycles. The van der Waals surface area contributed by atoms with Crippen LogP contribution in [0.3, 0.4) is 0 Å². The average molecular weight is 431 g/mol. The van der Waals surface area contributed by atoms with Gasteiger partial charge < -0.3 is 19.7 Å². The van der Waals surface area contributed by atoms with Crippen LogP contribution in [-0.4, -0.2) is 43.5 Å². The molecule has 0 spiro atoms. The molecule has 2 unspecified atom stereocenters. The molecule has 6 nitrogen and oxygen atoms in total. The highest BCUT2D eigenvalue weighted by atomic mass is 35.5. The smallest absolute Gasteiger partial charge is 0.258 e. The fourth-order valence-corrected chi connectivity index (χ4v) is 3.98. The second-order valence-corrected chi connectivity index (χ2v) is 7.68. The van der Waals surface area contributed by atoms with E-state index >= 15 is 0 Å². The number of hydrogen-bond donors (Lipinski definition) is 1. The summed E-state index contributed by atoms with van der Waals surface area (Å²) in [5, 5.41) is 3.56. The minimum absolute atomic E-state index is 0.137. The van der Waals surface area contributed by atoms with E-state index in [-0.39, 0.29) is 17.9 Å². The van der Waals surface area contributed by atoms with Crippen LogP contribution in [0.1, 0.15) is 48.1 Å². The number of carbonyl (C=O) groups is 2. The lowest BCUT2D eigenvalue weighted by atomic mass is 10.0. The van der Waals surface area contributed by atoms with Crippen LogP contribution in [0.4, 0.5) is 0 Å². The summed E-state index contributed by atoms with van der Waals surface area (Å²) in [6.07, 6.45) is 2.13. The maximum atomic E-state index is 13.2. The van der Waals surface area contributed by atoms with Gasteiger partial charge in [-0.2, -0.15) is 0 Å². The zero-order valence-corrected chi connectivity index (χ0v) is 18.2. The van der Waals surface area contributed by atoms with Crippen molar-refractivity contribution in [2.45, 2.75) is 38.3 Å². The zero-order chi connectivity index (χ0) is 21.7. The fourth-order valence-electron chi connectivity index (χ4n) is 3.81. The Bertz CT molecular complexity index is 901. The first-order valence-corrected chi connectivity index (χ1v) is 10.4. The number of amides is 2. The summed E-state index contributed by atoms with van der Waals surface area (Å²) < 4.78 is 10.5. The fraction of sp³-hybridized carbons (Fsp3) is 0.391. The van der Waals surface area contributed by atoms with E-state index < -0.39 is 6.04 Å². The molecular weight excluding hydrogens is 404 g/mol. The quantitative estimate of drug-likeness (QED) is 0.713. The second kappa shape index (κ2) is 9.85. The molecule has 1 fully saturated rings. The maximum absolute atomic E-state index is 13.2. The van der Waals surface area contributed by atoms with Gasteiger partial charge in [0.1, 0.15) is 17.5 Å². The van der Waals surface area contributed by atoms with Crippen LogP contribution in [0.25, 0.3) is 0 Å². The average Bonchev–Trinajstić information content (AvgIpc) is 3.27. The molecule has 0 saturated carbocycles. The highest BCUT2D eigenvalue weighted by molar-refractivity contribution is 6.31. The van der Waals surface area contributed by atoms with Gasteiger partial charge >= 0.3 is 0 Å². The van der Waals surface area contributed by atoms with E-state index in [1.165, 1.54) is 7.11 Å². The van der Waals surface area contributed by atoms with E-state index in [1.54, 1.807) is 30.2 Å². The van der Waals surface area contributed by atoms with Gasteiger partial charge in [-0.25, -0.2) is 0 Å². The number of carbonyl (C=O) groups excluding carboxylic acids is 2. The molecule has 3 rings (SSSR count). The van der Waals surface area contributed by atoms with Crippen LogP contribution in [-0.2, 0) is 4.79 Å². The van der Waals surface area contributed by atoms with Crippen molar-refractivity contribution in [1.82, 2.24) is 10.2 Å². The summed E-state index contributed by atoms with van der Waals surface area (Å²) in [6, 6.07) is 11.9. The number of nitrogens with one attached hydrogen (secondary N) is 1. The molecule has 1 aliphatic rings. The van der Waals surface area contributed by atoms with Crippen LogP contribution >= 0.6 is 11.6 Å². The number of likely N-dealkylation sites (tertiary alicyclic amines) is 1. The van der Waals surface area contributed by atoms with Gasteiger partial charge in [-0.1, -0.05) is 30.7 Å². The van der Waals surface area contributed by atoms with E-state index in [0.717, 1.165) is 24.2 Å². The van der Waals surface area contributed by atoms with E-state index in [1.807, 2.05) is 31.2 Å². The summed E-state index contributed by atoms with van der Waals surface area (Å²) >= 11 is 6.09. The van der Waals surface area contributed by atoms with Crippen molar-refractivity contribution in [3.05, 3.63) is 58.6 Å². The SMILES string of the molecule is CCC(NC(=O)C1CCCN1C(=O)c1cc(Cl)ccc1OC)c1ccc(OC)cc1. The summed E-state index contributed by atoms with van der Waals surface area (Å²) in [4.78, 5) is 27.9. The number of hydrogen-bond acceptors (Lipinski definition) is 4. The third kappa shape index (κ3) is 4.70. The van der Waals surface area contributed by atoms with Crippen LogP contribution in [0, 0.1) is 0 Å². The monoisotopic (exact) mass is 430 g/mol. The maximum Gasteiger partial charge on any atom is 0.258 e. The number of rotatable bonds is 7. The third-order valence-corrected chi connectivity index (χ3v) is 5.69. The first-order chi connectivity index (χ1) is 14.5. The molecule has 2 amide bonds. The van der Waals surface area contributed by atoms with E-state index in [4.69, 9.17) is 21.1 Å². The topological polar surface area (TPSA) is 67.9 Å². The molecule has 2 atom stereocenters. The number of methoxy groups -OCH3 is 2. The van der Waals surface area contributed by atoms with Gasteiger partial charge in [0.15, 0.2) is 0 Å². The highest BCUT2D eigenvalue weighted by Gasteiger charge is 2.36. The Kier molecular flexibility index (Phi) is 7.21. The van der Waals surface area contributed by atoms with E-state index in [9.17, 15) is 9.59 Å². The van der Waals surface area contributed by atoms with E-state index in [2.05, 4.69) is 5.32 Å². The highest BCUT2D eigenvalue weighted by Crippen LogP contribution is 2.28. The van der Waals surface area contributed by atoms with Crippen LogP contribution in [0.2, 0.25) is 5.02 Å². The van der Waals surface area contributed by atoms with Crippen molar-refractivity contribution >= 4 is 23.4 Å². The normalized spacial score (nSPS) is 16.8. The van der Waals surface area contributed by atoms with Crippen LogP contribution in [0.15, 0.2) is 42.5 Å². The van der Waals surface area contributed by atoms with E-state index in [0.29, 0.717) is 29.3 Å². The minimum Gasteiger partial charge on any atom is -0.497 e. The molecule has 0 aromatic heterocycles. The first-order valence-electron chi connectivity index (χ1n) is 10.1. The Morgan fingerprint density at radius 1 is 1.17 bits per heavy atom. The van der Waals surface area contributed by atoms with Crippen molar-refractivity contribution < 1.29 is 19.1 Å². The number of benzene rings is 2. The van der Waals surface area contributed by atoms with Crippen molar-refractivity contribution in [2.75, 3.05) is 20.8 Å². The molecule has 0 bridgehead atoms. The van der Waals surface area contributed by atoms with Crippen molar-refractivity contribution in [3.63, 3.8) is 0 Å². The summed E-state index contributed by atoms with van der Waals surface area (Å²) in [6.45, 7) is 2.54. The largest absolute Gasteiger partial charge is 0.497 e. The standard InChI is InChI=1S/C23H27ClN2O4/c1-4-19(15-7-10-17(29-2)11-8-15)25-22(27)20-6-5-13-26(20)23(28)18-14-16(24)9-12-21(18)30-3/h7-12,14,19-20H,4-6,13H2,1-3H3,(H,25,27). The molecule has 1 heterocycles. The second-order valence-electron chi connectivity index (χ2n) is 7.24. The van der Waals surface area contributed by atoms with Crippen molar-refractivity contribution in [3.8, 4) is 11.5 Å². The Balaban J connectivity index is 1.76.